The Morgan fingerprint density at radius 3 is 2.58 bits per heavy atom. The average Bonchev–Trinajstić information content (AvgIpc) is 2.85. The predicted octanol–water partition coefficient (Wildman–Crippen LogP) is 3.15. The monoisotopic (exact) mass is 453 g/mol. The quantitative estimate of drug-likeness (QED) is 0.613. The third kappa shape index (κ3) is 3.49. The second kappa shape index (κ2) is 8.23. The molecule has 2 bridgehead atoms. The molecule has 2 aliphatic rings. The molecule has 9 heteroatoms. The molecule has 1 amide bonds. The van der Waals surface area contributed by atoms with Crippen molar-refractivity contribution in [1.29, 1.82) is 0 Å². The topological polar surface area (TPSA) is 75.0 Å². The fraction of sp³-hybridized carbons (Fsp3) is 0.250. The zero-order valence-electron chi connectivity index (χ0n) is 17.6. The Kier molecular flexibility index (Phi) is 5.24. The van der Waals surface area contributed by atoms with Crippen LogP contribution in [0.3, 0.4) is 0 Å². The van der Waals surface area contributed by atoms with Crippen LogP contribution in [0.5, 0.6) is 11.5 Å². The van der Waals surface area contributed by atoms with Gasteiger partial charge in [0.25, 0.3) is 5.91 Å². The van der Waals surface area contributed by atoms with Gasteiger partial charge in [0.15, 0.2) is 23.0 Å². The number of carbonyl (C=O) groups is 1. The zero-order chi connectivity index (χ0) is 23.1. The smallest absolute Gasteiger partial charge is 0.277 e. The number of hydrogen-bond donors (Lipinski definition) is 1. The molecule has 0 unspecified atom stereocenters. The van der Waals surface area contributed by atoms with Crippen molar-refractivity contribution < 1.29 is 23.4 Å². The van der Waals surface area contributed by atoms with Crippen LogP contribution >= 0.6 is 0 Å². The average molecular weight is 453 g/mol. The van der Waals surface area contributed by atoms with Gasteiger partial charge in [-0.05, 0) is 30.5 Å². The minimum absolute atomic E-state index is 0.103. The van der Waals surface area contributed by atoms with Crippen LogP contribution in [0.15, 0.2) is 59.5 Å². The third-order valence-electron chi connectivity index (χ3n) is 5.99. The Bertz CT molecular complexity index is 1280. The van der Waals surface area contributed by atoms with Crippen LogP contribution in [0, 0.1) is 11.6 Å². The van der Waals surface area contributed by atoms with Crippen molar-refractivity contribution in [2.24, 2.45) is 0 Å². The second-order valence-corrected chi connectivity index (χ2v) is 8.02. The van der Waals surface area contributed by atoms with Crippen molar-refractivity contribution >= 4 is 5.91 Å². The van der Waals surface area contributed by atoms with E-state index in [0.717, 1.165) is 17.7 Å². The molecule has 0 saturated carbocycles. The normalized spacial score (nSPS) is 18.1. The molecule has 170 valence electrons. The summed E-state index contributed by atoms with van der Waals surface area (Å²) in [5.41, 5.74) is 0.249. The molecule has 33 heavy (non-hydrogen) atoms. The number of fused-ring (bicyclic) bond motifs is 5. The van der Waals surface area contributed by atoms with Crippen LogP contribution in [0.25, 0.3) is 0 Å². The predicted molar refractivity (Wildman–Crippen MR) is 116 cm³/mol. The first-order chi connectivity index (χ1) is 16.0. The highest BCUT2D eigenvalue weighted by Gasteiger charge is 2.38. The fourth-order valence-corrected chi connectivity index (χ4v) is 4.40. The Balaban J connectivity index is 1.81. The number of amides is 1. The summed E-state index contributed by atoms with van der Waals surface area (Å²) in [4.78, 5) is 26.9. The van der Waals surface area contributed by atoms with Crippen molar-refractivity contribution in [2.75, 3.05) is 24.8 Å². The molecule has 2 aromatic carbocycles. The number of aromatic nitrogens is 1. The molecule has 5 rings (SSSR count). The van der Waals surface area contributed by atoms with Gasteiger partial charge in [-0.1, -0.05) is 30.3 Å². The highest BCUT2D eigenvalue weighted by molar-refractivity contribution is 5.96. The first-order valence-electron chi connectivity index (χ1n) is 10.6. The van der Waals surface area contributed by atoms with Crippen LogP contribution in [0.2, 0.25) is 0 Å². The fourth-order valence-electron chi connectivity index (χ4n) is 4.40. The van der Waals surface area contributed by atoms with Gasteiger partial charge >= 0.3 is 0 Å². The summed E-state index contributed by atoms with van der Waals surface area (Å²) in [6.45, 7) is 0.592. The molecule has 0 radical (unpaired) electrons. The highest BCUT2D eigenvalue weighted by atomic mass is 19.2. The number of halogens is 2. The van der Waals surface area contributed by atoms with Gasteiger partial charge in [0, 0.05) is 24.4 Å². The maximum absolute atomic E-state index is 14.9. The van der Waals surface area contributed by atoms with Gasteiger partial charge in [0.1, 0.15) is 12.7 Å². The van der Waals surface area contributed by atoms with Gasteiger partial charge in [-0.25, -0.2) is 4.39 Å². The Morgan fingerprint density at radius 1 is 1.00 bits per heavy atom. The minimum Gasteiger partial charge on any atom is -0.502 e. The molecule has 1 N–H and O–H groups in total. The van der Waals surface area contributed by atoms with E-state index in [1.165, 1.54) is 21.8 Å². The number of pyridine rings is 1. The zero-order valence-corrected chi connectivity index (χ0v) is 17.6. The molecule has 3 aromatic rings. The number of carbonyl (C=O) groups excluding carboxylic acids is 1. The maximum atomic E-state index is 14.9. The summed E-state index contributed by atoms with van der Waals surface area (Å²) in [6, 6.07) is 12.1. The van der Waals surface area contributed by atoms with Crippen molar-refractivity contribution in [2.45, 2.75) is 18.9 Å². The largest absolute Gasteiger partial charge is 0.502 e. The van der Waals surface area contributed by atoms with E-state index in [0.29, 0.717) is 24.9 Å². The lowest BCUT2D eigenvalue weighted by molar-refractivity contribution is 0.0676. The standard InChI is InChI=1S/C24H21F2N3O4/c25-17-9-8-16-20(15-6-2-1-3-7-15)29-14-27(11-4-5-13-33-23(16)19(17)26)24(32)21-22(31)18(30)10-12-28(21)29/h1-3,6-10,12,20,31H,4-5,11,13-14H2/t20-/m0/s1. The summed E-state index contributed by atoms with van der Waals surface area (Å²) in [6.07, 6.45) is 2.45. The summed E-state index contributed by atoms with van der Waals surface area (Å²) < 4.78 is 36.3. The SMILES string of the molecule is O=C1c2c(O)c(=O)ccn2N2CN1CCCCOc1c(ccc(F)c1F)[C@@H]2c1ccccc1. The first-order valence-corrected chi connectivity index (χ1v) is 10.6. The molecule has 2 aliphatic heterocycles. The number of nitrogens with zero attached hydrogens (tertiary/aromatic N) is 3. The van der Waals surface area contributed by atoms with E-state index in [-0.39, 0.29) is 24.7 Å². The summed E-state index contributed by atoms with van der Waals surface area (Å²) in [7, 11) is 0. The molecule has 1 aromatic heterocycles. The number of hydrogen-bond acceptors (Lipinski definition) is 5. The Morgan fingerprint density at radius 2 is 1.79 bits per heavy atom. The van der Waals surface area contributed by atoms with E-state index < -0.39 is 34.8 Å². The Hall–Kier alpha value is -3.88. The van der Waals surface area contributed by atoms with Gasteiger partial charge in [0.2, 0.25) is 11.2 Å². The lowest BCUT2D eigenvalue weighted by Crippen LogP contribution is -2.55. The molecule has 0 fully saturated rings. The van der Waals surface area contributed by atoms with Gasteiger partial charge < -0.3 is 14.7 Å². The first kappa shape index (κ1) is 21.0. The van der Waals surface area contributed by atoms with Crippen molar-refractivity contribution in [3.63, 3.8) is 0 Å². The van der Waals surface area contributed by atoms with Crippen LogP contribution in [-0.2, 0) is 0 Å². The van der Waals surface area contributed by atoms with E-state index in [1.807, 2.05) is 30.3 Å². The summed E-state index contributed by atoms with van der Waals surface area (Å²) in [5, 5.41) is 12.2. The maximum Gasteiger partial charge on any atom is 0.277 e. The number of benzene rings is 2. The van der Waals surface area contributed by atoms with Gasteiger partial charge in [-0.2, -0.15) is 4.39 Å². The highest BCUT2D eigenvalue weighted by Crippen LogP contribution is 2.39. The van der Waals surface area contributed by atoms with Gasteiger partial charge in [-0.3, -0.25) is 19.3 Å². The van der Waals surface area contributed by atoms with Gasteiger partial charge in [0.05, 0.1) is 6.61 Å². The van der Waals surface area contributed by atoms with Crippen molar-refractivity contribution in [3.05, 3.63) is 93.4 Å². The summed E-state index contributed by atoms with van der Waals surface area (Å²) >= 11 is 0. The lowest BCUT2D eigenvalue weighted by Gasteiger charge is -2.44. The molecule has 3 heterocycles. The molecular weight excluding hydrogens is 432 g/mol. The number of rotatable bonds is 1. The lowest BCUT2D eigenvalue weighted by atomic mass is 9.96. The minimum atomic E-state index is -1.08. The van der Waals surface area contributed by atoms with Crippen LogP contribution in [-0.4, -0.2) is 40.4 Å². The number of aromatic hydroxyl groups is 1. The van der Waals surface area contributed by atoms with Crippen LogP contribution in [0.1, 0.15) is 40.5 Å². The van der Waals surface area contributed by atoms with Crippen LogP contribution in [0.4, 0.5) is 8.78 Å². The molecular formula is C24H21F2N3O4. The number of ether oxygens (including phenoxy) is 1. The molecule has 0 aliphatic carbocycles. The van der Waals surface area contributed by atoms with Crippen LogP contribution < -0.4 is 15.2 Å². The third-order valence-corrected chi connectivity index (χ3v) is 5.99. The van der Waals surface area contributed by atoms with E-state index in [2.05, 4.69) is 0 Å². The molecule has 0 saturated heterocycles. The van der Waals surface area contributed by atoms with E-state index in [9.17, 15) is 23.5 Å². The molecule has 7 nitrogen and oxygen atoms in total. The van der Waals surface area contributed by atoms with E-state index >= 15 is 0 Å². The molecule has 0 spiro atoms. The van der Waals surface area contributed by atoms with Gasteiger partial charge in [-0.15, -0.1) is 0 Å². The van der Waals surface area contributed by atoms with Crippen molar-refractivity contribution in [1.82, 2.24) is 9.58 Å². The van der Waals surface area contributed by atoms with E-state index in [4.69, 9.17) is 4.74 Å². The summed E-state index contributed by atoms with van der Waals surface area (Å²) in [5.74, 6) is -3.42. The van der Waals surface area contributed by atoms with E-state index in [1.54, 1.807) is 5.01 Å². The Labute approximate surface area is 188 Å². The second-order valence-electron chi connectivity index (χ2n) is 8.02. The van der Waals surface area contributed by atoms with Crippen molar-refractivity contribution in [3.8, 4) is 11.5 Å². The molecule has 1 atom stereocenters.